The predicted molar refractivity (Wildman–Crippen MR) is 150 cm³/mol. The van der Waals surface area contributed by atoms with Crippen LogP contribution in [0.15, 0.2) is 0 Å². The van der Waals surface area contributed by atoms with Gasteiger partial charge in [-0.1, -0.05) is 51.9 Å². The Morgan fingerprint density at radius 1 is 0.676 bits per heavy atom. The number of piperidine rings is 2. The molecule has 2 rings (SSSR count). The van der Waals surface area contributed by atoms with Crippen LogP contribution in [-0.4, -0.2) is 61.4 Å². The second kappa shape index (κ2) is 13.1. The molecule has 0 aromatic heterocycles. The number of rotatable bonds is 14. The van der Waals surface area contributed by atoms with Crippen LogP contribution in [0.1, 0.15) is 139 Å². The first kappa shape index (κ1) is 33.2. The van der Waals surface area contributed by atoms with Gasteiger partial charge < -0.3 is 10.4 Å². The van der Waals surface area contributed by atoms with E-state index in [2.05, 4.69) is 12.0 Å². The van der Waals surface area contributed by atoms with Crippen molar-refractivity contribution in [1.82, 2.24) is 15.2 Å². The van der Waals surface area contributed by atoms with E-state index in [0.717, 1.165) is 12.8 Å². The van der Waals surface area contributed by atoms with Gasteiger partial charge in [0.15, 0.2) is 0 Å². The molecule has 8 nitrogen and oxygen atoms in total. The number of hydrogen-bond donors (Lipinski definition) is 3. The molecule has 0 atom stereocenters. The van der Waals surface area contributed by atoms with Crippen molar-refractivity contribution in [3.8, 4) is 0 Å². The van der Waals surface area contributed by atoms with E-state index >= 15 is 0 Å². The highest BCUT2D eigenvalue weighted by Gasteiger charge is 2.50. The Bertz CT molecular complexity index is 674. The zero-order valence-electron chi connectivity index (χ0n) is 25.3. The maximum absolute atomic E-state index is 14.3. The number of nitrogens with one attached hydrogen (secondary N) is 1. The summed E-state index contributed by atoms with van der Waals surface area (Å²) in [4.78, 5) is 0. The van der Waals surface area contributed by atoms with E-state index < -0.39 is 29.9 Å². The van der Waals surface area contributed by atoms with Gasteiger partial charge in [0.25, 0.3) is 0 Å². The van der Waals surface area contributed by atoms with E-state index in [-0.39, 0.29) is 12.2 Å². The van der Waals surface area contributed by atoms with E-state index in [1.54, 1.807) is 0 Å². The Morgan fingerprint density at radius 2 is 1.00 bits per heavy atom. The third-order valence-corrected chi connectivity index (χ3v) is 9.88. The van der Waals surface area contributed by atoms with Crippen molar-refractivity contribution >= 4 is 7.75 Å². The van der Waals surface area contributed by atoms with Crippen molar-refractivity contribution in [2.45, 2.75) is 174 Å². The average molecular weight is 548 g/mol. The van der Waals surface area contributed by atoms with Crippen LogP contribution in [0, 0.1) is 0 Å². The normalized spacial score (nSPS) is 24.9. The Labute approximate surface area is 227 Å². The highest BCUT2D eigenvalue weighted by Crippen LogP contribution is 2.53. The maximum atomic E-state index is 14.3. The fraction of sp³-hybridized carbons (Fsp3) is 1.00. The van der Waals surface area contributed by atoms with Crippen molar-refractivity contribution < 1.29 is 24.0 Å². The van der Waals surface area contributed by atoms with Gasteiger partial charge in [-0.15, -0.1) is 0 Å². The monoisotopic (exact) mass is 547 g/mol. The molecule has 0 aliphatic carbocycles. The predicted octanol–water partition coefficient (Wildman–Crippen LogP) is 7.68. The van der Waals surface area contributed by atoms with E-state index in [4.69, 9.17) is 9.05 Å². The summed E-state index contributed by atoms with van der Waals surface area (Å²) in [6.07, 6.45) is 11.2. The molecule has 220 valence electrons. The topological polar surface area (TPSA) is 94.5 Å². The zero-order valence-corrected chi connectivity index (χ0v) is 26.2. The Balaban J connectivity index is 2.07. The van der Waals surface area contributed by atoms with Crippen LogP contribution in [0.3, 0.4) is 0 Å². The minimum Gasteiger partial charge on any atom is -0.313 e. The fourth-order valence-electron chi connectivity index (χ4n) is 6.47. The Morgan fingerprint density at radius 3 is 1.35 bits per heavy atom. The molecule has 0 aromatic rings. The van der Waals surface area contributed by atoms with Gasteiger partial charge in [0, 0.05) is 28.7 Å². The van der Waals surface area contributed by atoms with Gasteiger partial charge in [0.1, 0.15) is 0 Å². The molecule has 0 bridgehead atoms. The number of hydrogen-bond acceptors (Lipinski definition) is 7. The van der Waals surface area contributed by atoms with Crippen molar-refractivity contribution in [3.05, 3.63) is 0 Å². The Hall–Kier alpha value is -0.0500. The first-order chi connectivity index (χ1) is 16.9. The molecule has 2 heterocycles. The summed E-state index contributed by atoms with van der Waals surface area (Å²) in [5.74, 6) is 0. The lowest BCUT2D eigenvalue weighted by Gasteiger charge is -2.52. The van der Waals surface area contributed by atoms with Gasteiger partial charge in [-0.3, -0.25) is 9.05 Å². The van der Waals surface area contributed by atoms with Gasteiger partial charge in [0.05, 0.1) is 12.2 Å². The molecule has 9 heteroatoms. The summed E-state index contributed by atoms with van der Waals surface area (Å²) >= 11 is 0. The van der Waals surface area contributed by atoms with Crippen LogP contribution >= 0.6 is 7.75 Å². The lowest BCUT2D eigenvalue weighted by atomic mass is 9.80. The standard InChI is InChI=1S/C28H58N3O5P/c1-10-11-12-13-14-15-16-17-18-29-37(34,35-23-19-25(2,3)30(32)26(4,5)20-23)36-24-21-27(6,7)31(33)28(8,9)22-24/h23-24,32-33H,10-22H2,1-9H3,(H,29,34). The molecule has 0 amide bonds. The molecule has 3 N–H and O–H groups in total. The lowest BCUT2D eigenvalue weighted by molar-refractivity contribution is -0.258. The molecular weight excluding hydrogens is 489 g/mol. The van der Waals surface area contributed by atoms with E-state index in [9.17, 15) is 15.0 Å². The second-order valence-electron chi connectivity index (χ2n) is 14.0. The maximum Gasteiger partial charge on any atom is 0.406 e. The molecule has 0 radical (unpaired) electrons. The first-order valence-electron chi connectivity index (χ1n) is 14.6. The summed E-state index contributed by atoms with van der Waals surface area (Å²) in [5.41, 5.74) is -2.05. The highest BCUT2D eigenvalue weighted by molar-refractivity contribution is 7.51. The van der Waals surface area contributed by atoms with Crippen molar-refractivity contribution in [1.29, 1.82) is 0 Å². The van der Waals surface area contributed by atoms with Gasteiger partial charge in [0.2, 0.25) is 0 Å². The van der Waals surface area contributed by atoms with Gasteiger partial charge in [-0.05, 0) is 87.5 Å². The largest absolute Gasteiger partial charge is 0.406 e. The van der Waals surface area contributed by atoms with E-state index in [1.165, 1.54) is 48.7 Å². The molecule has 0 saturated carbocycles. The average Bonchev–Trinajstić information content (AvgIpc) is 2.73. The van der Waals surface area contributed by atoms with Crippen LogP contribution in [-0.2, 0) is 13.6 Å². The van der Waals surface area contributed by atoms with Gasteiger partial charge in [-0.25, -0.2) is 9.65 Å². The Kier molecular flexibility index (Phi) is 11.7. The molecule has 2 fully saturated rings. The van der Waals surface area contributed by atoms with Crippen LogP contribution in [0.4, 0.5) is 0 Å². The summed E-state index contributed by atoms with van der Waals surface area (Å²) in [6.45, 7) is 18.6. The fourth-order valence-corrected chi connectivity index (χ4v) is 8.19. The number of nitrogens with zero attached hydrogens (tertiary/aromatic N) is 2. The summed E-state index contributed by atoms with van der Waals surface area (Å²) in [7, 11) is -3.64. The van der Waals surface area contributed by atoms with Crippen LogP contribution in [0.5, 0.6) is 0 Å². The van der Waals surface area contributed by atoms with E-state index in [1.807, 2.05) is 55.4 Å². The number of unbranched alkanes of at least 4 members (excludes halogenated alkanes) is 7. The van der Waals surface area contributed by atoms with Crippen molar-refractivity contribution in [2.75, 3.05) is 6.54 Å². The van der Waals surface area contributed by atoms with Crippen LogP contribution < -0.4 is 5.09 Å². The SMILES string of the molecule is CCCCCCCCCCNP(=O)(OC1CC(C)(C)N(O)C(C)(C)C1)OC1CC(C)(C)N(O)C(C)(C)C1. The van der Waals surface area contributed by atoms with Crippen molar-refractivity contribution in [3.63, 3.8) is 0 Å². The molecule has 0 aromatic carbocycles. The van der Waals surface area contributed by atoms with Crippen molar-refractivity contribution in [2.24, 2.45) is 0 Å². The van der Waals surface area contributed by atoms with Crippen LogP contribution in [0.2, 0.25) is 0 Å². The minimum absolute atomic E-state index is 0.316. The molecule has 37 heavy (non-hydrogen) atoms. The minimum atomic E-state index is -3.64. The quantitative estimate of drug-likeness (QED) is 0.151. The lowest BCUT2D eigenvalue weighted by Crippen LogP contribution is -2.61. The molecular formula is C28H58N3O5P. The molecule has 2 saturated heterocycles. The number of hydroxylamine groups is 4. The second-order valence-corrected chi connectivity index (χ2v) is 15.8. The molecule has 2 aliphatic rings. The third kappa shape index (κ3) is 9.53. The molecule has 2 aliphatic heterocycles. The molecule has 0 spiro atoms. The molecule has 0 unspecified atom stereocenters. The first-order valence-corrected chi connectivity index (χ1v) is 16.2. The summed E-state index contributed by atoms with van der Waals surface area (Å²) in [5, 5.41) is 27.4. The van der Waals surface area contributed by atoms with Crippen LogP contribution in [0.25, 0.3) is 0 Å². The van der Waals surface area contributed by atoms with E-state index in [0.29, 0.717) is 32.2 Å². The highest BCUT2D eigenvalue weighted by atomic mass is 31.2. The summed E-state index contributed by atoms with van der Waals surface area (Å²) < 4.78 is 26.9. The summed E-state index contributed by atoms with van der Waals surface area (Å²) in [6, 6.07) is 0. The van der Waals surface area contributed by atoms with Gasteiger partial charge >= 0.3 is 7.75 Å². The van der Waals surface area contributed by atoms with Gasteiger partial charge in [-0.2, -0.15) is 10.1 Å². The zero-order chi connectivity index (χ0) is 28.1. The smallest absolute Gasteiger partial charge is 0.313 e. The third-order valence-electron chi connectivity index (χ3n) is 8.11.